The number of nitrogens with one attached hydrogen (secondary N) is 1. The smallest absolute Gasteiger partial charge is 0.332 e. The van der Waals surface area contributed by atoms with E-state index in [0.717, 1.165) is 41.3 Å². The number of aromatic amines is 1. The SMILES string of the molecule is O=C(O)C1CC(c2c[nH]c3cc(F)c(-c4ccc(C5(O)CCC5)cc4)cc23)CO1. The number of hydrogen-bond acceptors (Lipinski definition) is 3. The Morgan fingerprint density at radius 3 is 2.59 bits per heavy atom. The molecule has 2 unspecified atom stereocenters. The van der Waals surface area contributed by atoms with E-state index in [1.54, 1.807) is 0 Å². The summed E-state index contributed by atoms with van der Waals surface area (Å²) in [7, 11) is 0. The lowest BCUT2D eigenvalue weighted by molar-refractivity contribution is -0.147. The summed E-state index contributed by atoms with van der Waals surface area (Å²) in [5.74, 6) is -1.32. The normalized spacial score (nSPS) is 23.2. The summed E-state index contributed by atoms with van der Waals surface area (Å²) >= 11 is 0. The Kier molecular flexibility index (Phi) is 4.22. The molecular formula is C23H22FNO4. The molecule has 6 heteroatoms. The van der Waals surface area contributed by atoms with E-state index in [1.807, 2.05) is 36.5 Å². The van der Waals surface area contributed by atoms with Gasteiger partial charge in [-0.2, -0.15) is 0 Å². The molecule has 5 rings (SSSR count). The first-order valence-corrected chi connectivity index (χ1v) is 9.93. The van der Waals surface area contributed by atoms with Crippen LogP contribution in [-0.4, -0.2) is 33.9 Å². The highest BCUT2D eigenvalue weighted by atomic mass is 19.1. The third kappa shape index (κ3) is 3.03. The van der Waals surface area contributed by atoms with Crippen LogP contribution in [0.5, 0.6) is 0 Å². The molecule has 2 atom stereocenters. The summed E-state index contributed by atoms with van der Waals surface area (Å²) in [4.78, 5) is 14.3. The fraction of sp³-hybridized carbons (Fsp3) is 0.348. The summed E-state index contributed by atoms with van der Waals surface area (Å²) in [6.45, 7) is 0.337. The van der Waals surface area contributed by atoms with Crippen molar-refractivity contribution in [1.82, 2.24) is 4.98 Å². The summed E-state index contributed by atoms with van der Waals surface area (Å²) in [6.07, 6.45) is 3.98. The molecule has 2 aromatic carbocycles. The molecule has 150 valence electrons. The van der Waals surface area contributed by atoms with E-state index in [9.17, 15) is 19.4 Å². The molecule has 5 nitrogen and oxygen atoms in total. The summed E-state index contributed by atoms with van der Waals surface area (Å²) in [5, 5.41) is 20.5. The van der Waals surface area contributed by atoms with Gasteiger partial charge in [0.05, 0.1) is 12.2 Å². The molecule has 1 aliphatic carbocycles. The second-order valence-corrected chi connectivity index (χ2v) is 8.18. The van der Waals surface area contributed by atoms with Gasteiger partial charge in [0, 0.05) is 28.6 Å². The zero-order valence-corrected chi connectivity index (χ0v) is 15.8. The van der Waals surface area contributed by atoms with Gasteiger partial charge >= 0.3 is 5.97 Å². The predicted octanol–water partition coefficient (Wildman–Crippen LogP) is 4.30. The number of carbonyl (C=O) groups is 1. The van der Waals surface area contributed by atoms with Gasteiger partial charge in [0.25, 0.3) is 0 Å². The fourth-order valence-corrected chi connectivity index (χ4v) is 4.50. The second kappa shape index (κ2) is 6.68. The number of rotatable bonds is 4. The Labute approximate surface area is 167 Å². The molecular weight excluding hydrogens is 373 g/mol. The van der Waals surface area contributed by atoms with E-state index in [-0.39, 0.29) is 11.7 Å². The maximum atomic E-state index is 14.8. The average molecular weight is 395 g/mol. The van der Waals surface area contributed by atoms with Crippen LogP contribution in [0.1, 0.15) is 42.7 Å². The van der Waals surface area contributed by atoms with Crippen LogP contribution in [0.2, 0.25) is 0 Å². The molecule has 2 fully saturated rings. The van der Waals surface area contributed by atoms with Crippen LogP contribution < -0.4 is 0 Å². The van der Waals surface area contributed by atoms with Gasteiger partial charge in [-0.1, -0.05) is 24.3 Å². The number of aliphatic hydroxyl groups is 1. The predicted molar refractivity (Wildman–Crippen MR) is 106 cm³/mol. The third-order valence-corrected chi connectivity index (χ3v) is 6.43. The summed E-state index contributed by atoms with van der Waals surface area (Å²) < 4.78 is 20.2. The van der Waals surface area contributed by atoms with Gasteiger partial charge < -0.3 is 19.9 Å². The standard InChI is InChI=1S/C23H22FNO4/c24-19-10-20-17(18(11-25-20)14-8-21(22(26)27)29-12-14)9-16(19)13-2-4-15(5-3-13)23(28)6-1-7-23/h2-5,9-11,14,21,25,28H,1,6-8,12H2,(H,26,27). The number of carboxylic acid groups (broad SMARTS) is 1. The summed E-state index contributed by atoms with van der Waals surface area (Å²) in [5.41, 5.74) is 3.00. The van der Waals surface area contributed by atoms with Crippen molar-refractivity contribution in [3.63, 3.8) is 0 Å². The van der Waals surface area contributed by atoms with Gasteiger partial charge in [-0.3, -0.25) is 0 Å². The van der Waals surface area contributed by atoms with Crippen LogP contribution in [0.4, 0.5) is 4.39 Å². The van der Waals surface area contributed by atoms with Crippen molar-refractivity contribution in [3.05, 3.63) is 59.5 Å². The van der Waals surface area contributed by atoms with Crippen molar-refractivity contribution in [3.8, 4) is 11.1 Å². The molecule has 0 amide bonds. The molecule has 29 heavy (non-hydrogen) atoms. The van der Waals surface area contributed by atoms with Crippen molar-refractivity contribution in [2.45, 2.75) is 43.3 Å². The molecule has 2 heterocycles. The number of H-pyrrole nitrogens is 1. The first-order valence-electron chi connectivity index (χ1n) is 9.93. The molecule has 0 spiro atoms. The van der Waals surface area contributed by atoms with Gasteiger partial charge in [0.15, 0.2) is 6.10 Å². The van der Waals surface area contributed by atoms with Crippen LogP contribution >= 0.6 is 0 Å². The zero-order valence-electron chi connectivity index (χ0n) is 15.8. The largest absolute Gasteiger partial charge is 0.479 e. The Morgan fingerprint density at radius 2 is 1.97 bits per heavy atom. The van der Waals surface area contributed by atoms with Crippen molar-refractivity contribution >= 4 is 16.9 Å². The van der Waals surface area contributed by atoms with Crippen molar-refractivity contribution in [1.29, 1.82) is 0 Å². The van der Waals surface area contributed by atoms with E-state index < -0.39 is 17.7 Å². The van der Waals surface area contributed by atoms with Gasteiger partial charge in [-0.15, -0.1) is 0 Å². The number of aliphatic carboxylic acids is 1. The summed E-state index contributed by atoms with van der Waals surface area (Å²) in [6, 6.07) is 10.7. The molecule has 1 aliphatic heterocycles. The van der Waals surface area contributed by atoms with E-state index >= 15 is 0 Å². The number of carboxylic acids is 1. The average Bonchev–Trinajstić information content (AvgIpc) is 3.32. The molecule has 1 saturated heterocycles. The molecule has 0 radical (unpaired) electrons. The Morgan fingerprint density at radius 1 is 1.21 bits per heavy atom. The Hall–Kier alpha value is -2.70. The molecule has 1 saturated carbocycles. The molecule has 2 aliphatic rings. The number of fused-ring (bicyclic) bond motifs is 1. The second-order valence-electron chi connectivity index (χ2n) is 8.18. The number of ether oxygens (including phenoxy) is 1. The first kappa shape index (κ1) is 18.3. The lowest BCUT2D eigenvalue weighted by Crippen LogP contribution is -2.33. The van der Waals surface area contributed by atoms with Gasteiger partial charge in [0.1, 0.15) is 5.82 Å². The quantitative estimate of drug-likeness (QED) is 0.615. The maximum absolute atomic E-state index is 14.8. The van der Waals surface area contributed by atoms with E-state index in [0.29, 0.717) is 24.1 Å². The number of halogens is 1. The Bertz CT molecular complexity index is 1080. The molecule has 1 aromatic heterocycles. The van der Waals surface area contributed by atoms with Gasteiger partial charge in [-0.25, -0.2) is 9.18 Å². The van der Waals surface area contributed by atoms with Crippen LogP contribution in [0.25, 0.3) is 22.0 Å². The minimum absolute atomic E-state index is 0.0431. The van der Waals surface area contributed by atoms with Gasteiger partial charge in [-0.05, 0) is 54.5 Å². The van der Waals surface area contributed by atoms with Crippen LogP contribution in [0, 0.1) is 5.82 Å². The fourth-order valence-electron chi connectivity index (χ4n) is 4.50. The highest BCUT2D eigenvalue weighted by Crippen LogP contribution is 2.42. The molecule has 0 bridgehead atoms. The number of aromatic nitrogens is 1. The van der Waals surface area contributed by atoms with Crippen LogP contribution in [0.3, 0.4) is 0 Å². The van der Waals surface area contributed by atoms with Crippen LogP contribution in [0.15, 0.2) is 42.6 Å². The Balaban J connectivity index is 1.50. The van der Waals surface area contributed by atoms with Crippen molar-refractivity contribution in [2.24, 2.45) is 0 Å². The maximum Gasteiger partial charge on any atom is 0.332 e. The van der Waals surface area contributed by atoms with Crippen molar-refractivity contribution in [2.75, 3.05) is 6.61 Å². The molecule has 3 N–H and O–H groups in total. The third-order valence-electron chi connectivity index (χ3n) is 6.43. The minimum atomic E-state index is -0.952. The highest BCUT2D eigenvalue weighted by Gasteiger charge is 2.36. The van der Waals surface area contributed by atoms with Gasteiger partial charge in [0.2, 0.25) is 0 Å². The monoisotopic (exact) mass is 395 g/mol. The lowest BCUT2D eigenvalue weighted by atomic mass is 9.75. The highest BCUT2D eigenvalue weighted by molar-refractivity contribution is 5.89. The van der Waals surface area contributed by atoms with E-state index in [2.05, 4.69) is 4.98 Å². The van der Waals surface area contributed by atoms with E-state index in [4.69, 9.17) is 4.74 Å². The number of hydrogen-bond donors (Lipinski definition) is 3. The number of benzene rings is 2. The lowest BCUT2D eigenvalue weighted by Gasteiger charge is -2.37. The minimum Gasteiger partial charge on any atom is -0.479 e. The van der Waals surface area contributed by atoms with E-state index in [1.165, 1.54) is 6.07 Å². The van der Waals surface area contributed by atoms with Crippen LogP contribution in [-0.2, 0) is 15.1 Å². The topological polar surface area (TPSA) is 82.5 Å². The molecule has 3 aromatic rings. The zero-order chi connectivity index (χ0) is 20.2. The van der Waals surface area contributed by atoms with Crippen molar-refractivity contribution < 1.29 is 24.1 Å². The first-order chi connectivity index (χ1) is 13.9.